The van der Waals surface area contributed by atoms with Gasteiger partial charge in [0.2, 0.25) is 0 Å². The maximum Gasteiger partial charge on any atom is 0.417 e. The Kier molecular flexibility index (Phi) is 4.35. The van der Waals surface area contributed by atoms with Gasteiger partial charge < -0.3 is 4.74 Å². The van der Waals surface area contributed by atoms with E-state index in [1.54, 1.807) is 24.3 Å². The number of methoxy groups -OCH3 is 1. The first kappa shape index (κ1) is 14.9. The van der Waals surface area contributed by atoms with Gasteiger partial charge >= 0.3 is 6.18 Å². The third-order valence-electron chi connectivity index (χ3n) is 2.89. The van der Waals surface area contributed by atoms with Crippen molar-refractivity contribution in [1.82, 2.24) is 0 Å². The lowest BCUT2D eigenvalue weighted by atomic mass is 9.95. The number of hydrogen-bond donors (Lipinski definition) is 0. The Morgan fingerprint density at radius 2 is 1.75 bits per heavy atom. The lowest BCUT2D eigenvalue weighted by molar-refractivity contribution is -0.137. The van der Waals surface area contributed by atoms with Crippen LogP contribution < -0.4 is 0 Å². The maximum absolute atomic E-state index is 13.1. The fourth-order valence-corrected chi connectivity index (χ4v) is 2.26. The molecule has 5 heteroatoms. The van der Waals surface area contributed by atoms with Crippen molar-refractivity contribution in [2.75, 3.05) is 7.11 Å². The summed E-state index contributed by atoms with van der Waals surface area (Å²) >= 11 is 5.89. The smallest absolute Gasteiger partial charge is 0.380 e. The van der Waals surface area contributed by atoms with Gasteiger partial charge in [-0.1, -0.05) is 35.9 Å². The van der Waals surface area contributed by atoms with Crippen LogP contribution in [0.4, 0.5) is 13.2 Å². The lowest BCUT2D eigenvalue weighted by Gasteiger charge is -2.15. The van der Waals surface area contributed by atoms with Crippen LogP contribution >= 0.6 is 11.6 Å². The van der Waals surface area contributed by atoms with Crippen LogP contribution in [0.1, 0.15) is 11.1 Å². The molecule has 0 heterocycles. The van der Waals surface area contributed by atoms with Gasteiger partial charge in [0, 0.05) is 12.1 Å². The van der Waals surface area contributed by atoms with E-state index in [1.807, 2.05) is 0 Å². The summed E-state index contributed by atoms with van der Waals surface area (Å²) in [6.07, 6.45) is -4.40. The van der Waals surface area contributed by atoms with Gasteiger partial charge in [0.05, 0.1) is 12.2 Å². The molecule has 1 nitrogen and oxygen atoms in total. The van der Waals surface area contributed by atoms with E-state index in [1.165, 1.54) is 19.2 Å². The van der Waals surface area contributed by atoms with Crippen molar-refractivity contribution in [3.8, 4) is 11.1 Å². The molecule has 0 saturated heterocycles. The first-order chi connectivity index (χ1) is 9.43. The van der Waals surface area contributed by atoms with Gasteiger partial charge in [0.15, 0.2) is 0 Å². The van der Waals surface area contributed by atoms with Gasteiger partial charge in [-0.15, -0.1) is 0 Å². The maximum atomic E-state index is 13.1. The molecule has 0 aliphatic heterocycles. The molecule has 0 amide bonds. The van der Waals surface area contributed by atoms with Gasteiger partial charge in [-0.3, -0.25) is 0 Å². The van der Waals surface area contributed by atoms with Gasteiger partial charge in [0.25, 0.3) is 0 Å². The first-order valence-electron chi connectivity index (χ1n) is 5.87. The van der Waals surface area contributed by atoms with Crippen LogP contribution in [-0.4, -0.2) is 7.11 Å². The van der Waals surface area contributed by atoms with E-state index < -0.39 is 11.7 Å². The third kappa shape index (κ3) is 3.14. The molecule has 0 radical (unpaired) electrons. The standard InChI is InChI=1S/C15H12ClF3O/c1-20-9-10-8-11(16)6-7-12(10)13-4-2-3-5-14(13)15(17,18)19/h2-8H,9H2,1H3. The van der Waals surface area contributed by atoms with Crippen LogP contribution in [0.5, 0.6) is 0 Å². The molecule has 0 aromatic heterocycles. The largest absolute Gasteiger partial charge is 0.417 e. The second-order valence-electron chi connectivity index (χ2n) is 4.28. The molecule has 0 N–H and O–H groups in total. The van der Waals surface area contributed by atoms with Gasteiger partial charge in [-0.2, -0.15) is 13.2 Å². The average molecular weight is 301 g/mol. The van der Waals surface area contributed by atoms with Crippen molar-refractivity contribution in [3.05, 3.63) is 58.6 Å². The molecule has 20 heavy (non-hydrogen) atoms. The van der Waals surface area contributed by atoms with E-state index in [-0.39, 0.29) is 12.2 Å². The van der Waals surface area contributed by atoms with E-state index in [0.29, 0.717) is 16.1 Å². The van der Waals surface area contributed by atoms with E-state index >= 15 is 0 Å². The van der Waals surface area contributed by atoms with Crippen molar-refractivity contribution in [2.24, 2.45) is 0 Å². The minimum Gasteiger partial charge on any atom is -0.380 e. The van der Waals surface area contributed by atoms with E-state index in [4.69, 9.17) is 16.3 Å². The summed E-state index contributed by atoms with van der Waals surface area (Å²) in [5.74, 6) is 0. The Hall–Kier alpha value is -1.52. The predicted molar refractivity (Wildman–Crippen MR) is 72.6 cm³/mol. The van der Waals surface area contributed by atoms with Crippen molar-refractivity contribution in [2.45, 2.75) is 12.8 Å². The van der Waals surface area contributed by atoms with Gasteiger partial charge in [-0.25, -0.2) is 0 Å². The predicted octanol–water partition coefficient (Wildman–Crippen LogP) is 5.17. The van der Waals surface area contributed by atoms with Crippen molar-refractivity contribution < 1.29 is 17.9 Å². The summed E-state index contributed by atoms with van der Waals surface area (Å²) in [7, 11) is 1.49. The zero-order chi connectivity index (χ0) is 14.8. The highest BCUT2D eigenvalue weighted by Crippen LogP contribution is 2.38. The summed E-state index contributed by atoms with van der Waals surface area (Å²) in [6.45, 7) is 0.197. The van der Waals surface area contributed by atoms with E-state index in [2.05, 4.69) is 0 Å². The minimum absolute atomic E-state index is 0.128. The van der Waals surface area contributed by atoms with E-state index in [0.717, 1.165) is 6.07 Å². The zero-order valence-corrected chi connectivity index (χ0v) is 11.4. The number of benzene rings is 2. The van der Waals surface area contributed by atoms with Crippen LogP contribution in [-0.2, 0) is 17.5 Å². The normalized spacial score (nSPS) is 11.7. The summed E-state index contributed by atoms with van der Waals surface area (Å²) < 4.78 is 44.3. The van der Waals surface area contributed by atoms with Crippen LogP contribution in [0.3, 0.4) is 0 Å². The number of halogens is 4. The van der Waals surface area contributed by atoms with Crippen LogP contribution in [0, 0.1) is 0 Å². The summed E-state index contributed by atoms with van der Waals surface area (Å²) in [4.78, 5) is 0. The number of ether oxygens (including phenoxy) is 1. The second-order valence-corrected chi connectivity index (χ2v) is 4.71. The van der Waals surface area contributed by atoms with E-state index in [9.17, 15) is 13.2 Å². The number of rotatable bonds is 3. The molecular weight excluding hydrogens is 289 g/mol. The summed E-state index contributed by atoms with van der Waals surface area (Å²) in [6, 6.07) is 10.2. The molecule has 0 atom stereocenters. The van der Waals surface area contributed by atoms with Gasteiger partial charge in [-0.05, 0) is 34.9 Å². The monoisotopic (exact) mass is 300 g/mol. The molecule has 2 aromatic carbocycles. The Morgan fingerprint density at radius 1 is 1.05 bits per heavy atom. The SMILES string of the molecule is COCc1cc(Cl)ccc1-c1ccccc1C(F)(F)F. The number of alkyl halides is 3. The molecule has 106 valence electrons. The fraction of sp³-hybridized carbons (Fsp3) is 0.200. The highest BCUT2D eigenvalue weighted by molar-refractivity contribution is 6.30. The Morgan fingerprint density at radius 3 is 2.40 bits per heavy atom. The highest BCUT2D eigenvalue weighted by Gasteiger charge is 2.33. The van der Waals surface area contributed by atoms with Crippen LogP contribution in [0.15, 0.2) is 42.5 Å². The molecule has 2 aromatic rings. The summed E-state index contributed by atoms with van der Waals surface area (Å²) in [5.41, 5.74) is 0.560. The first-order valence-corrected chi connectivity index (χ1v) is 6.25. The Labute approximate surface area is 119 Å². The molecule has 0 aliphatic carbocycles. The molecule has 0 spiro atoms. The summed E-state index contributed by atoms with van der Waals surface area (Å²) in [5, 5.41) is 0.463. The fourth-order valence-electron chi connectivity index (χ4n) is 2.07. The third-order valence-corrected chi connectivity index (χ3v) is 3.12. The molecular formula is C15H12ClF3O. The van der Waals surface area contributed by atoms with Crippen molar-refractivity contribution in [1.29, 1.82) is 0 Å². The van der Waals surface area contributed by atoms with Gasteiger partial charge in [0.1, 0.15) is 0 Å². The molecule has 0 unspecified atom stereocenters. The quantitative estimate of drug-likeness (QED) is 0.759. The Bertz CT molecular complexity index is 608. The molecule has 0 aliphatic rings. The molecule has 0 fully saturated rings. The molecule has 0 saturated carbocycles. The topological polar surface area (TPSA) is 9.23 Å². The highest BCUT2D eigenvalue weighted by atomic mass is 35.5. The molecule has 0 bridgehead atoms. The second kappa shape index (κ2) is 5.85. The lowest BCUT2D eigenvalue weighted by Crippen LogP contribution is -2.07. The Balaban J connectivity index is 2.63. The zero-order valence-electron chi connectivity index (χ0n) is 10.7. The van der Waals surface area contributed by atoms with Crippen molar-refractivity contribution in [3.63, 3.8) is 0 Å². The minimum atomic E-state index is -4.40. The van der Waals surface area contributed by atoms with Crippen LogP contribution in [0.25, 0.3) is 11.1 Å². The van der Waals surface area contributed by atoms with Crippen molar-refractivity contribution >= 4 is 11.6 Å². The average Bonchev–Trinajstić information content (AvgIpc) is 2.38. The van der Waals surface area contributed by atoms with Crippen LogP contribution in [0.2, 0.25) is 5.02 Å². The number of hydrogen-bond acceptors (Lipinski definition) is 1. The molecule has 2 rings (SSSR count).